The Kier molecular flexibility index (Phi) is 2.70. The summed E-state index contributed by atoms with van der Waals surface area (Å²) in [5.41, 5.74) is 16.3. The minimum Gasteiger partial charge on any atom is -0.370 e. The van der Waals surface area contributed by atoms with Gasteiger partial charge in [-0.1, -0.05) is 12.8 Å². The van der Waals surface area contributed by atoms with Gasteiger partial charge >= 0.3 is 0 Å². The van der Waals surface area contributed by atoms with Crippen molar-refractivity contribution in [3.05, 3.63) is 0 Å². The Labute approximate surface area is 66.8 Å². The maximum Gasteiger partial charge on any atom is 0.186 e. The van der Waals surface area contributed by atoms with Gasteiger partial charge in [0.15, 0.2) is 5.96 Å². The highest BCUT2D eigenvalue weighted by molar-refractivity contribution is 5.75. The highest BCUT2D eigenvalue weighted by Crippen LogP contribution is 2.19. The van der Waals surface area contributed by atoms with Crippen molar-refractivity contribution in [2.45, 2.75) is 37.8 Å². The fraction of sp³-hybridized carbons (Fsp3) is 0.857. The molecule has 0 unspecified atom stereocenters. The second-order valence-corrected chi connectivity index (χ2v) is 3.07. The topological polar surface area (TPSA) is 90.4 Å². The average Bonchev–Trinajstić information content (AvgIpc) is 1.93. The third kappa shape index (κ3) is 2.38. The lowest BCUT2D eigenvalue weighted by atomic mass is 9.91. The smallest absolute Gasteiger partial charge is 0.186 e. The van der Waals surface area contributed by atoms with Gasteiger partial charge in [-0.3, -0.25) is 0 Å². The van der Waals surface area contributed by atoms with Crippen molar-refractivity contribution in [3.63, 3.8) is 0 Å². The molecule has 4 heteroatoms. The monoisotopic (exact) mass is 156 g/mol. The molecule has 0 amide bonds. The van der Waals surface area contributed by atoms with Crippen LogP contribution in [0.2, 0.25) is 0 Å². The SMILES string of the molecule is NC(N)=N[C@H]1CCCC[C@H]1N. The fourth-order valence-corrected chi connectivity index (χ4v) is 1.49. The van der Waals surface area contributed by atoms with Gasteiger partial charge in [0.1, 0.15) is 0 Å². The van der Waals surface area contributed by atoms with Gasteiger partial charge in [-0.25, -0.2) is 4.99 Å². The molecule has 1 fully saturated rings. The zero-order chi connectivity index (χ0) is 8.27. The van der Waals surface area contributed by atoms with Gasteiger partial charge in [0.05, 0.1) is 6.04 Å². The lowest BCUT2D eigenvalue weighted by Crippen LogP contribution is -2.38. The maximum absolute atomic E-state index is 5.81. The Balaban J connectivity index is 2.48. The van der Waals surface area contributed by atoms with Crippen LogP contribution < -0.4 is 17.2 Å². The lowest BCUT2D eigenvalue weighted by Gasteiger charge is -2.24. The quantitative estimate of drug-likeness (QED) is 0.354. The maximum atomic E-state index is 5.81. The Morgan fingerprint density at radius 3 is 2.36 bits per heavy atom. The number of guanidine groups is 1. The number of hydrogen-bond donors (Lipinski definition) is 3. The molecular weight excluding hydrogens is 140 g/mol. The van der Waals surface area contributed by atoms with Crippen LogP contribution in [0, 0.1) is 0 Å². The summed E-state index contributed by atoms with van der Waals surface area (Å²) >= 11 is 0. The first-order valence-electron chi connectivity index (χ1n) is 4.04. The molecule has 0 aromatic carbocycles. The molecule has 0 bridgehead atoms. The van der Waals surface area contributed by atoms with Gasteiger partial charge in [0.2, 0.25) is 0 Å². The highest BCUT2D eigenvalue weighted by Gasteiger charge is 2.20. The van der Waals surface area contributed by atoms with Crippen LogP contribution in [0.25, 0.3) is 0 Å². The summed E-state index contributed by atoms with van der Waals surface area (Å²) in [6.45, 7) is 0. The second-order valence-electron chi connectivity index (χ2n) is 3.07. The molecule has 0 aromatic rings. The van der Waals surface area contributed by atoms with E-state index in [0.29, 0.717) is 0 Å². The van der Waals surface area contributed by atoms with E-state index >= 15 is 0 Å². The molecule has 0 spiro atoms. The van der Waals surface area contributed by atoms with E-state index in [1.54, 1.807) is 0 Å². The molecule has 1 rings (SSSR count). The van der Waals surface area contributed by atoms with E-state index in [0.717, 1.165) is 12.8 Å². The van der Waals surface area contributed by atoms with Crippen LogP contribution in [0.15, 0.2) is 4.99 Å². The van der Waals surface area contributed by atoms with Crippen LogP contribution in [0.3, 0.4) is 0 Å². The molecule has 1 saturated carbocycles. The van der Waals surface area contributed by atoms with Crippen molar-refractivity contribution in [3.8, 4) is 0 Å². The van der Waals surface area contributed by atoms with E-state index in [1.807, 2.05) is 0 Å². The van der Waals surface area contributed by atoms with Gasteiger partial charge in [0.25, 0.3) is 0 Å². The van der Waals surface area contributed by atoms with Crippen molar-refractivity contribution in [1.82, 2.24) is 0 Å². The third-order valence-electron chi connectivity index (χ3n) is 2.10. The van der Waals surface area contributed by atoms with Crippen molar-refractivity contribution < 1.29 is 0 Å². The van der Waals surface area contributed by atoms with Crippen molar-refractivity contribution in [1.29, 1.82) is 0 Å². The number of rotatable bonds is 1. The van der Waals surface area contributed by atoms with Crippen molar-refractivity contribution in [2.24, 2.45) is 22.2 Å². The molecule has 1 aliphatic rings. The first kappa shape index (κ1) is 8.33. The van der Waals surface area contributed by atoms with Crippen LogP contribution in [-0.2, 0) is 0 Å². The molecule has 0 radical (unpaired) electrons. The van der Waals surface area contributed by atoms with Gasteiger partial charge in [-0.05, 0) is 12.8 Å². The van der Waals surface area contributed by atoms with E-state index in [4.69, 9.17) is 17.2 Å². The van der Waals surface area contributed by atoms with Crippen LogP contribution in [0.1, 0.15) is 25.7 Å². The van der Waals surface area contributed by atoms with E-state index in [-0.39, 0.29) is 18.0 Å². The summed E-state index contributed by atoms with van der Waals surface area (Å²) in [6, 6.07) is 0.319. The van der Waals surface area contributed by atoms with Gasteiger partial charge in [-0.2, -0.15) is 0 Å². The fourth-order valence-electron chi connectivity index (χ4n) is 1.49. The molecule has 0 aromatic heterocycles. The van der Waals surface area contributed by atoms with Gasteiger partial charge in [0, 0.05) is 6.04 Å². The van der Waals surface area contributed by atoms with Crippen molar-refractivity contribution >= 4 is 5.96 Å². The zero-order valence-corrected chi connectivity index (χ0v) is 6.66. The van der Waals surface area contributed by atoms with Gasteiger partial charge < -0.3 is 17.2 Å². The summed E-state index contributed by atoms with van der Waals surface area (Å²) in [6.07, 6.45) is 4.47. The largest absolute Gasteiger partial charge is 0.370 e. The van der Waals surface area contributed by atoms with Crippen LogP contribution in [0.5, 0.6) is 0 Å². The summed E-state index contributed by atoms with van der Waals surface area (Å²) in [5.74, 6) is 0.160. The van der Waals surface area contributed by atoms with E-state index < -0.39 is 0 Å². The first-order chi connectivity index (χ1) is 5.20. The van der Waals surface area contributed by atoms with Gasteiger partial charge in [-0.15, -0.1) is 0 Å². The summed E-state index contributed by atoms with van der Waals surface area (Å²) in [4.78, 5) is 4.06. The predicted octanol–water partition coefficient (Wildman–Crippen LogP) is -0.470. The standard InChI is InChI=1S/C7H16N4/c8-5-3-1-2-4-6(5)11-7(9)10/h5-6H,1-4,8H2,(H4,9,10,11)/t5-,6+/m1/s1. The highest BCUT2D eigenvalue weighted by atomic mass is 15.0. The summed E-state index contributed by atoms with van der Waals surface area (Å²) < 4.78 is 0. The molecular formula is C7H16N4. The Bertz CT molecular complexity index is 151. The molecule has 6 N–H and O–H groups in total. The molecule has 64 valence electrons. The normalized spacial score (nSPS) is 31.4. The zero-order valence-electron chi connectivity index (χ0n) is 6.66. The molecule has 11 heavy (non-hydrogen) atoms. The Morgan fingerprint density at radius 1 is 1.18 bits per heavy atom. The first-order valence-corrected chi connectivity index (χ1v) is 4.04. The number of aliphatic imine (C=N–C) groups is 1. The van der Waals surface area contributed by atoms with E-state index in [2.05, 4.69) is 4.99 Å². The summed E-state index contributed by atoms with van der Waals surface area (Å²) in [5, 5.41) is 0. The minimum absolute atomic E-state index is 0.158. The van der Waals surface area contributed by atoms with E-state index in [1.165, 1.54) is 12.8 Å². The number of nitrogens with two attached hydrogens (primary N) is 3. The lowest BCUT2D eigenvalue weighted by molar-refractivity contribution is 0.386. The van der Waals surface area contributed by atoms with E-state index in [9.17, 15) is 0 Å². The Morgan fingerprint density at radius 2 is 1.82 bits per heavy atom. The molecule has 2 atom stereocenters. The molecule has 4 nitrogen and oxygen atoms in total. The van der Waals surface area contributed by atoms with Crippen LogP contribution in [0.4, 0.5) is 0 Å². The van der Waals surface area contributed by atoms with Crippen LogP contribution in [-0.4, -0.2) is 18.0 Å². The van der Waals surface area contributed by atoms with Crippen LogP contribution >= 0.6 is 0 Å². The van der Waals surface area contributed by atoms with Crippen molar-refractivity contribution in [2.75, 3.05) is 0 Å². The molecule has 1 aliphatic carbocycles. The second kappa shape index (κ2) is 3.57. The Hall–Kier alpha value is -0.770. The third-order valence-corrected chi connectivity index (χ3v) is 2.10. The summed E-state index contributed by atoms with van der Waals surface area (Å²) in [7, 11) is 0. The number of nitrogens with zero attached hydrogens (tertiary/aromatic N) is 1. The number of hydrogen-bond acceptors (Lipinski definition) is 2. The average molecular weight is 156 g/mol. The molecule has 0 heterocycles. The molecule has 0 saturated heterocycles. The molecule has 0 aliphatic heterocycles. The predicted molar refractivity (Wildman–Crippen MR) is 46.0 cm³/mol. The minimum atomic E-state index is 0.158.